The molecule has 1 aliphatic heterocycles. The molecule has 0 unspecified atom stereocenters. The number of hydrogen-bond donors (Lipinski definition) is 5. The molecule has 5 atom stereocenters. The van der Waals surface area contributed by atoms with Gasteiger partial charge < -0.3 is 30.5 Å². The van der Waals surface area contributed by atoms with Gasteiger partial charge in [-0.2, -0.15) is 10.4 Å². The number of rotatable bonds is 7. The third kappa shape index (κ3) is 4.65. The van der Waals surface area contributed by atoms with Crippen molar-refractivity contribution in [1.82, 2.24) is 15.1 Å². The van der Waals surface area contributed by atoms with Crippen LogP contribution in [0.25, 0.3) is 10.9 Å². The summed E-state index contributed by atoms with van der Waals surface area (Å²) in [6.45, 7) is 2.34. The molecule has 3 rings (SSSR count). The molecule has 2 heterocycles. The average Bonchev–Trinajstić information content (AvgIpc) is 3.14. The van der Waals surface area contributed by atoms with E-state index in [2.05, 4.69) is 10.4 Å². The number of nitrogens with zero attached hydrogens (tertiary/aromatic N) is 3. The van der Waals surface area contributed by atoms with Crippen molar-refractivity contribution >= 4 is 22.8 Å². The second-order valence-corrected chi connectivity index (χ2v) is 7.91. The average molecular weight is 462 g/mol. The van der Waals surface area contributed by atoms with Gasteiger partial charge in [0.15, 0.2) is 0 Å². The van der Waals surface area contributed by atoms with E-state index in [4.69, 9.17) is 4.74 Å². The number of benzene rings is 1. The van der Waals surface area contributed by atoms with Crippen molar-refractivity contribution in [2.45, 2.75) is 44.2 Å². The molecule has 0 spiro atoms. The Hall–Kier alpha value is -3.53. The molecule has 1 aromatic carbocycles. The monoisotopic (exact) mass is 462 g/mol. The molecule has 0 aliphatic carbocycles. The highest BCUT2D eigenvalue weighted by molar-refractivity contribution is 5.86. The lowest BCUT2D eigenvalue weighted by atomic mass is 9.91. The van der Waals surface area contributed by atoms with Crippen molar-refractivity contribution in [3.8, 4) is 6.07 Å². The number of hydrogen-bond acceptors (Lipinski definition) is 8. The zero-order chi connectivity index (χ0) is 24.4. The largest absolute Gasteiger partial charge is 0.478 e. The van der Waals surface area contributed by atoms with E-state index in [-0.39, 0.29) is 16.6 Å². The Morgan fingerprint density at radius 2 is 2.06 bits per heavy atom. The van der Waals surface area contributed by atoms with Crippen molar-refractivity contribution in [1.29, 1.82) is 5.26 Å². The van der Waals surface area contributed by atoms with Gasteiger partial charge in [-0.3, -0.25) is 4.79 Å². The Morgan fingerprint density at radius 3 is 2.64 bits per heavy atom. The van der Waals surface area contributed by atoms with Crippen LogP contribution < -0.4 is 5.32 Å². The molecule has 11 nitrogen and oxygen atoms in total. The van der Waals surface area contributed by atoms with Gasteiger partial charge >= 0.3 is 5.97 Å². The molecule has 0 fully saturated rings. The first-order chi connectivity index (χ1) is 15.6. The number of amides is 1. The number of carbonyl (C=O) groups is 2. The Balaban J connectivity index is 2.23. The minimum absolute atomic E-state index is 0.0439. The van der Waals surface area contributed by atoms with Crippen LogP contribution in [0.4, 0.5) is 4.39 Å². The molecule has 1 aliphatic rings. The number of carbonyl (C=O) groups excluding carboxylic acids is 1. The maximum atomic E-state index is 13.7. The van der Waals surface area contributed by atoms with E-state index >= 15 is 0 Å². The van der Waals surface area contributed by atoms with Crippen LogP contribution >= 0.6 is 0 Å². The number of carboxylic acids is 1. The smallest absolute Gasteiger partial charge is 0.370 e. The molecule has 2 aromatic rings. The number of carboxylic acid groups (broad SMARTS) is 1. The third-order valence-corrected chi connectivity index (χ3v) is 5.32. The van der Waals surface area contributed by atoms with Gasteiger partial charge in [0.1, 0.15) is 35.9 Å². The van der Waals surface area contributed by atoms with Gasteiger partial charge in [0.05, 0.1) is 24.2 Å². The zero-order valence-electron chi connectivity index (χ0n) is 17.7. The van der Waals surface area contributed by atoms with Gasteiger partial charge in [-0.15, -0.1) is 0 Å². The SMILES string of the molecule is CC(C)C(=O)N[C@H]1[C@H]([C@H](O)[C@H](O)CO)OC(C(=O)O)=C[C@@H]1n1nc2cc(F)ccc2c1C#N. The van der Waals surface area contributed by atoms with E-state index in [1.54, 1.807) is 13.8 Å². The number of aliphatic carboxylic acids is 1. The molecule has 0 bridgehead atoms. The standard InChI is InChI=1S/C21H23FN4O7/c1-9(2)20(30)24-17-13(6-16(21(31)32)33-19(17)18(29)15(28)8-27)26-14(7-23)11-4-3-10(22)5-12(11)25-26/h3-6,9,13,15,17-19,27-29H,8H2,1-2H3,(H,24,30)(H,31,32)/t13-,15+,17+,18+,19+/m0/s1. The van der Waals surface area contributed by atoms with Crippen LogP contribution in [-0.2, 0) is 14.3 Å². The lowest BCUT2D eigenvalue weighted by molar-refractivity contribution is -0.147. The van der Waals surface area contributed by atoms with Crippen molar-refractivity contribution in [2.24, 2.45) is 5.92 Å². The molecule has 1 aromatic heterocycles. The van der Waals surface area contributed by atoms with E-state index in [0.29, 0.717) is 0 Å². The highest BCUT2D eigenvalue weighted by Crippen LogP contribution is 2.33. The topological polar surface area (TPSA) is 178 Å². The van der Waals surface area contributed by atoms with E-state index in [9.17, 15) is 39.7 Å². The fourth-order valence-electron chi connectivity index (χ4n) is 3.57. The molecule has 33 heavy (non-hydrogen) atoms. The predicted molar refractivity (Wildman–Crippen MR) is 110 cm³/mol. The molecule has 0 saturated heterocycles. The summed E-state index contributed by atoms with van der Waals surface area (Å²) in [7, 11) is 0. The number of fused-ring (bicyclic) bond motifs is 1. The fourth-order valence-corrected chi connectivity index (χ4v) is 3.57. The Kier molecular flexibility index (Phi) is 6.97. The van der Waals surface area contributed by atoms with Gasteiger partial charge in [0.2, 0.25) is 11.7 Å². The quantitative estimate of drug-likeness (QED) is 0.373. The highest BCUT2D eigenvalue weighted by atomic mass is 19.1. The summed E-state index contributed by atoms with van der Waals surface area (Å²) in [4.78, 5) is 24.3. The summed E-state index contributed by atoms with van der Waals surface area (Å²) in [5, 5.41) is 56.3. The normalized spacial score (nSPS) is 22.2. The first-order valence-corrected chi connectivity index (χ1v) is 10.1. The molecule has 176 valence electrons. The van der Waals surface area contributed by atoms with Crippen molar-refractivity contribution in [3.05, 3.63) is 41.5 Å². The number of aliphatic hydroxyl groups excluding tert-OH is 3. The minimum atomic E-state index is -1.81. The predicted octanol–water partition coefficient (Wildman–Crippen LogP) is -0.190. The molecule has 1 amide bonds. The van der Waals surface area contributed by atoms with E-state index in [1.807, 2.05) is 6.07 Å². The maximum absolute atomic E-state index is 13.7. The molecular weight excluding hydrogens is 439 g/mol. The second-order valence-electron chi connectivity index (χ2n) is 7.91. The number of nitrogens with one attached hydrogen (secondary N) is 1. The summed E-state index contributed by atoms with van der Waals surface area (Å²) in [6, 6.07) is 3.13. The van der Waals surface area contributed by atoms with Gasteiger partial charge in [-0.05, 0) is 18.2 Å². The fraction of sp³-hybridized carbons (Fsp3) is 0.429. The molecule has 5 N–H and O–H groups in total. The summed E-state index contributed by atoms with van der Waals surface area (Å²) >= 11 is 0. The molecule has 0 saturated carbocycles. The lowest BCUT2D eigenvalue weighted by Crippen LogP contribution is -2.59. The highest BCUT2D eigenvalue weighted by Gasteiger charge is 2.45. The van der Waals surface area contributed by atoms with E-state index in [0.717, 1.165) is 22.9 Å². The lowest BCUT2D eigenvalue weighted by Gasteiger charge is -2.40. The van der Waals surface area contributed by atoms with Crippen molar-refractivity contribution in [3.63, 3.8) is 0 Å². The zero-order valence-corrected chi connectivity index (χ0v) is 17.7. The Labute approximate surface area is 187 Å². The summed E-state index contributed by atoms with van der Waals surface area (Å²) in [5.74, 6) is -3.74. The first-order valence-electron chi connectivity index (χ1n) is 10.1. The van der Waals surface area contributed by atoms with Crippen LogP contribution in [0.3, 0.4) is 0 Å². The van der Waals surface area contributed by atoms with Crippen LogP contribution in [0.5, 0.6) is 0 Å². The van der Waals surface area contributed by atoms with Gasteiger partial charge in [0, 0.05) is 17.4 Å². The molecule has 12 heteroatoms. The van der Waals surface area contributed by atoms with E-state index in [1.165, 1.54) is 6.07 Å². The van der Waals surface area contributed by atoms with Gasteiger partial charge in [-0.1, -0.05) is 13.8 Å². The number of nitriles is 1. The van der Waals surface area contributed by atoms with Gasteiger partial charge in [-0.25, -0.2) is 13.9 Å². The minimum Gasteiger partial charge on any atom is -0.478 e. The summed E-state index contributed by atoms with van der Waals surface area (Å²) in [6.07, 6.45) is -3.97. The van der Waals surface area contributed by atoms with Crippen LogP contribution in [0.1, 0.15) is 25.6 Å². The van der Waals surface area contributed by atoms with Crippen LogP contribution in [0.15, 0.2) is 30.0 Å². The van der Waals surface area contributed by atoms with Crippen LogP contribution in [0, 0.1) is 23.1 Å². The summed E-state index contributed by atoms with van der Waals surface area (Å²) in [5.41, 5.74) is 0.0716. The Morgan fingerprint density at radius 1 is 1.36 bits per heavy atom. The summed E-state index contributed by atoms with van der Waals surface area (Å²) < 4.78 is 20.2. The van der Waals surface area contributed by atoms with Crippen LogP contribution in [0.2, 0.25) is 0 Å². The van der Waals surface area contributed by atoms with Crippen molar-refractivity contribution < 1.29 is 39.1 Å². The Bertz CT molecular complexity index is 1140. The molecular formula is C21H23FN4O7. The second kappa shape index (κ2) is 9.53. The van der Waals surface area contributed by atoms with Gasteiger partial charge in [0.25, 0.3) is 0 Å². The number of aliphatic hydroxyl groups is 3. The van der Waals surface area contributed by atoms with Crippen LogP contribution in [-0.4, -0.2) is 73.0 Å². The third-order valence-electron chi connectivity index (χ3n) is 5.32. The van der Waals surface area contributed by atoms with E-state index < -0.39 is 66.4 Å². The number of aromatic nitrogens is 2. The van der Waals surface area contributed by atoms with Crippen molar-refractivity contribution in [2.75, 3.05) is 6.61 Å². The number of halogens is 1. The first kappa shape index (κ1) is 24.1. The maximum Gasteiger partial charge on any atom is 0.370 e. The molecule has 0 radical (unpaired) electrons. The number of ether oxygens (including phenoxy) is 1.